The number of nitrogens with one attached hydrogen (secondary N) is 2. The van der Waals surface area contributed by atoms with Crippen molar-refractivity contribution in [3.05, 3.63) is 29.3 Å². The Balaban J connectivity index is 1.19. The monoisotopic (exact) mass is 608 g/mol. The van der Waals surface area contributed by atoms with Crippen LogP contribution >= 0.6 is 0 Å². The number of amides is 2. The van der Waals surface area contributed by atoms with Gasteiger partial charge in [-0.25, -0.2) is 36.5 Å². The summed E-state index contributed by atoms with van der Waals surface area (Å²) in [7, 11) is 0. The van der Waals surface area contributed by atoms with Crippen LogP contribution in [-0.4, -0.2) is 72.7 Å². The molecule has 0 spiro atoms. The minimum Gasteiger partial charge on any atom is -0.340 e. The highest BCUT2D eigenvalue weighted by Gasteiger charge is 2.74. The number of hydrogen-bond donors (Lipinski definition) is 2. The van der Waals surface area contributed by atoms with Gasteiger partial charge in [0.1, 0.15) is 29.5 Å². The van der Waals surface area contributed by atoms with Crippen molar-refractivity contribution < 1.29 is 36.2 Å². The highest BCUT2D eigenvalue weighted by molar-refractivity contribution is 5.93. The number of hydrazine groups is 1. The third-order valence-electron chi connectivity index (χ3n) is 9.31. The second-order valence-corrected chi connectivity index (χ2v) is 12.6. The summed E-state index contributed by atoms with van der Waals surface area (Å²) in [5, 5.41) is 12.4. The number of aromatic nitrogens is 5. The van der Waals surface area contributed by atoms with Gasteiger partial charge in [-0.3, -0.25) is 19.6 Å². The van der Waals surface area contributed by atoms with Gasteiger partial charge in [-0.05, 0) is 62.2 Å². The highest BCUT2D eigenvalue weighted by Crippen LogP contribution is 2.70. The first-order valence-electron chi connectivity index (χ1n) is 14.3. The molecular weight excluding hydrogens is 579 g/mol. The van der Waals surface area contributed by atoms with Gasteiger partial charge in [0.25, 0.3) is 11.8 Å². The molecule has 1 atom stereocenters. The average Bonchev–Trinajstić information content (AvgIpc) is 3.54. The summed E-state index contributed by atoms with van der Waals surface area (Å²) < 4.78 is 75.9. The second-order valence-electron chi connectivity index (χ2n) is 12.6. The van der Waals surface area contributed by atoms with Crippen molar-refractivity contribution in [3.8, 4) is 0 Å². The van der Waals surface area contributed by atoms with E-state index in [1.165, 1.54) is 18.0 Å². The SMILES string of the molecule is Cc1nonc1C(=O)N[C@H](c1nc2nc(N3CC(F)(F)CCN3C(=O)C34CC(F)(C3)C4)ccc2[nH]1)C1CCC(F)(F)CC1. The fraction of sp³-hybridized carbons (Fsp3) is 0.630. The molecule has 2 bridgehead atoms. The summed E-state index contributed by atoms with van der Waals surface area (Å²) in [6, 6.07) is 2.22. The molecule has 5 fully saturated rings. The number of hydrogen-bond acceptors (Lipinski definition) is 8. The van der Waals surface area contributed by atoms with Crippen molar-refractivity contribution in [1.29, 1.82) is 0 Å². The van der Waals surface area contributed by atoms with Crippen LogP contribution in [0.4, 0.5) is 27.8 Å². The van der Waals surface area contributed by atoms with Crippen LogP contribution in [0.1, 0.15) is 79.4 Å². The number of carbonyl (C=O) groups excluding carboxylic acids is 2. The van der Waals surface area contributed by atoms with E-state index in [4.69, 9.17) is 0 Å². The van der Waals surface area contributed by atoms with Gasteiger partial charge in [0.05, 0.1) is 17.0 Å². The number of H-pyrrole nitrogens is 1. The smallest absolute Gasteiger partial charge is 0.276 e. The number of alkyl halides is 5. The lowest BCUT2D eigenvalue weighted by Gasteiger charge is -2.65. The molecule has 0 aromatic carbocycles. The zero-order valence-corrected chi connectivity index (χ0v) is 23.2. The summed E-state index contributed by atoms with van der Waals surface area (Å²) in [6.07, 6.45) is -0.707. The molecule has 4 aliphatic carbocycles. The standard InChI is InChI=1S/C27H29F5N8O3/c1-14-18(38-43-37-14)22(41)35-19(15-4-6-26(29,30)7-5-15)21-33-16-2-3-17(34-20(16)36-21)40-13-27(31,32)8-9-39(40)23(42)24-10-25(28,11-24)12-24/h2-3,15,19H,4-13H2,1H3,(H,35,41)(H,33,34,36)/t19-,24?,25?/m0/s1. The van der Waals surface area contributed by atoms with Crippen molar-refractivity contribution in [1.82, 2.24) is 35.6 Å². The van der Waals surface area contributed by atoms with Gasteiger partial charge in [-0.1, -0.05) is 5.16 Å². The number of carbonyl (C=O) groups is 2. The zero-order chi connectivity index (χ0) is 30.4. The van der Waals surface area contributed by atoms with Gasteiger partial charge in [0.15, 0.2) is 11.3 Å². The third-order valence-corrected chi connectivity index (χ3v) is 9.31. The number of aryl methyl sites for hydroxylation is 1. The largest absolute Gasteiger partial charge is 0.340 e. The predicted molar refractivity (Wildman–Crippen MR) is 139 cm³/mol. The van der Waals surface area contributed by atoms with Gasteiger partial charge in [0, 0.05) is 25.8 Å². The van der Waals surface area contributed by atoms with Crippen LogP contribution in [-0.2, 0) is 4.79 Å². The molecule has 4 heterocycles. The second kappa shape index (κ2) is 9.32. The fourth-order valence-corrected chi connectivity index (χ4v) is 7.00. The van der Waals surface area contributed by atoms with Crippen LogP contribution in [0, 0.1) is 18.3 Å². The van der Waals surface area contributed by atoms with E-state index in [0.29, 0.717) is 5.52 Å². The maximum absolute atomic E-state index is 14.6. The van der Waals surface area contributed by atoms with E-state index in [2.05, 4.69) is 35.2 Å². The van der Waals surface area contributed by atoms with Crippen molar-refractivity contribution in [2.45, 2.75) is 81.8 Å². The minimum atomic E-state index is -3.09. The molecule has 1 aliphatic heterocycles. The Hall–Kier alpha value is -3.85. The van der Waals surface area contributed by atoms with Gasteiger partial charge in [0.2, 0.25) is 11.8 Å². The summed E-state index contributed by atoms with van der Waals surface area (Å²) in [5.41, 5.74) is -1.45. The number of rotatable bonds is 6. The summed E-state index contributed by atoms with van der Waals surface area (Å²) >= 11 is 0. The van der Waals surface area contributed by atoms with Gasteiger partial charge < -0.3 is 10.3 Å². The first-order chi connectivity index (χ1) is 20.3. The average molecular weight is 609 g/mol. The Bertz CT molecular complexity index is 1580. The van der Waals surface area contributed by atoms with Crippen LogP contribution in [0.3, 0.4) is 0 Å². The summed E-state index contributed by atoms with van der Waals surface area (Å²) in [4.78, 5) is 38.5. The normalized spacial score (nSPS) is 28.7. The van der Waals surface area contributed by atoms with Crippen LogP contribution < -0.4 is 10.3 Å². The molecule has 2 N–H and O–H groups in total. The maximum atomic E-state index is 14.6. The predicted octanol–water partition coefficient (Wildman–Crippen LogP) is 4.43. The molecule has 3 aromatic rings. The van der Waals surface area contributed by atoms with E-state index in [-0.39, 0.29) is 86.1 Å². The van der Waals surface area contributed by atoms with Gasteiger partial charge in [-0.2, -0.15) is 0 Å². The number of aromatic amines is 1. The van der Waals surface area contributed by atoms with Crippen molar-refractivity contribution in [2.75, 3.05) is 18.1 Å². The van der Waals surface area contributed by atoms with Crippen molar-refractivity contribution in [2.24, 2.45) is 11.3 Å². The van der Waals surface area contributed by atoms with E-state index in [9.17, 15) is 31.5 Å². The molecule has 0 unspecified atom stereocenters. The zero-order valence-electron chi connectivity index (χ0n) is 23.2. The number of fused-ring (bicyclic) bond motifs is 1. The maximum Gasteiger partial charge on any atom is 0.276 e. The molecular formula is C27H29F5N8O3. The summed E-state index contributed by atoms with van der Waals surface area (Å²) in [6.45, 7) is 0.510. The Kier molecular flexibility index (Phi) is 6.06. The van der Waals surface area contributed by atoms with E-state index >= 15 is 0 Å². The number of nitrogens with zero attached hydrogens (tertiary/aromatic N) is 6. The molecule has 8 rings (SSSR count). The first-order valence-corrected chi connectivity index (χ1v) is 14.3. The number of imidazole rings is 1. The summed E-state index contributed by atoms with van der Waals surface area (Å²) in [5.74, 6) is -6.99. The Morgan fingerprint density at radius 3 is 2.40 bits per heavy atom. The van der Waals surface area contributed by atoms with Gasteiger partial charge in [-0.15, -0.1) is 0 Å². The lowest BCUT2D eigenvalue weighted by molar-refractivity contribution is -0.224. The van der Waals surface area contributed by atoms with E-state index in [1.807, 2.05) is 0 Å². The highest BCUT2D eigenvalue weighted by atomic mass is 19.3. The molecule has 43 heavy (non-hydrogen) atoms. The molecule has 230 valence electrons. The third kappa shape index (κ3) is 4.78. The fourth-order valence-electron chi connectivity index (χ4n) is 7.00. The van der Waals surface area contributed by atoms with Gasteiger partial charge >= 0.3 is 0 Å². The lowest BCUT2D eigenvalue weighted by atomic mass is 9.42. The molecule has 0 radical (unpaired) electrons. The Morgan fingerprint density at radius 2 is 1.74 bits per heavy atom. The molecule has 2 amide bonds. The number of anilines is 1. The topological polar surface area (TPSA) is 133 Å². The minimum absolute atomic E-state index is 0.0548. The van der Waals surface area contributed by atoms with Crippen LogP contribution in [0.2, 0.25) is 0 Å². The number of pyridine rings is 1. The van der Waals surface area contributed by atoms with Crippen LogP contribution in [0.5, 0.6) is 0 Å². The van der Waals surface area contributed by atoms with E-state index in [1.54, 1.807) is 6.07 Å². The number of halogens is 5. The molecule has 3 aromatic heterocycles. The quantitative estimate of drug-likeness (QED) is 0.393. The molecule has 1 saturated heterocycles. The molecule has 16 heteroatoms. The van der Waals surface area contributed by atoms with E-state index < -0.39 is 53.8 Å². The first kappa shape index (κ1) is 28.0. The lowest BCUT2D eigenvalue weighted by Crippen LogP contribution is -2.73. The molecule has 4 saturated carbocycles. The van der Waals surface area contributed by atoms with Crippen molar-refractivity contribution in [3.63, 3.8) is 0 Å². The Morgan fingerprint density at radius 1 is 1.02 bits per heavy atom. The van der Waals surface area contributed by atoms with E-state index in [0.717, 1.165) is 5.01 Å². The molecule has 11 nitrogen and oxygen atoms in total. The van der Waals surface area contributed by atoms with Crippen molar-refractivity contribution >= 4 is 28.8 Å². The Labute approximate surface area is 241 Å². The molecule has 5 aliphatic rings. The van der Waals surface area contributed by atoms with Crippen LogP contribution in [0.25, 0.3) is 11.2 Å². The van der Waals surface area contributed by atoms with Crippen LogP contribution in [0.15, 0.2) is 16.8 Å².